The maximum absolute atomic E-state index is 6.16. The van der Waals surface area contributed by atoms with Crippen LogP contribution in [0.15, 0.2) is 159 Å². The number of rotatable bonds is 17. The number of amidine groups is 3. The van der Waals surface area contributed by atoms with E-state index in [4.69, 9.17) is 17.2 Å². The molecule has 8 heterocycles. The van der Waals surface area contributed by atoms with E-state index in [9.17, 15) is 0 Å². The van der Waals surface area contributed by atoms with E-state index in [0.29, 0.717) is 17.5 Å². The average Bonchev–Trinajstić information content (AvgIpc) is 4.40. The Morgan fingerprint density at radius 1 is 0.456 bits per heavy atom. The lowest BCUT2D eigenvalue weighted by Crippen LogP contribution is -2.38. The number of likely N-dealkylation sites (N-methyl/N-ethyl adjacent to an activating group) is 1. The third-order valence-corrected chi connectivity index (χ3v) is 18.5. The van der Waals surface area contributed by atoms with E-state index in [0.717, 1.165) is 123 Å². The normalized spacial score (nSPS) is 17.3. The standard InChI is InChI=1S/C22H28N4S.C21H26N4S.C21H28N4S/c1-17-7-8-18-16-19(24-22(23)21-6-5-15-27-21)9-10-20(18)26(17)14-13-25-11-3-2-4-12-25;1-16-6-7-17-15-18(23-21(22)20-5-4-14-26-20)8-9-19(17)25(16)13-12-24-10-2-3-11-24;1-4-24(5-2)12-13-25-16(3)8-9-17-15-18(10-11-19(17)25)23-21(22)20-7-6-14-26-20/h5-6,9-10,15-16H,1-4,7-8,11-14H2,(H2,23,24);4-5,8-9,14-15H,1-3,6-7,10-13H2,(H2,22,23);6-7,10-11,14-15H,3-5,8-9,12-13H2,1-2H3,(H2,22,23). The van der Waals surface area contributed by atoms with Gasteiger partial charge in [0.1, 0.15) is 17.5 Å². The van der Waals surface area contributed by atoms with Gasteiger partial charge in [-0.15, -0.1) is 34.0 Å². The van der Waals surface area contributed by atoms with Crippen LogP contribution in [0.25, 0.3) is 0 Å². The molecule has 0 unspecified atom stereocenters. The van der Waals surface area contributed by atoms with Gasteiger partial charge in [-0.25, -0.2) is 15.0 Å². The molecule has 12 nitrogen and oxygen atoms in total. The molecule has 15 heteroatoms. The fourth-order valence-corrected chi connectivity index (χ4v) is 13.1. The minimum Gasteiger partial charge on any atom is -0.383 e. The molecule has 416 valence electrons. The minimum absolute atomic E-state index is 0.582. The predicted octanol–water partition coefficient (Wildman–Crippen LogP) is 13.1. The van der Waals surface area contributed by atoms with Crippen molar-refractivity contribution in [3.05, 3.63) is 175 Å². The lowest BCUT2D eigenvalue weighted by Gasteiger charge is -2.36. The van der Waals surface area contributed by atoms with Crippen molar-refractivity contribution in [2.45, 2.75) is 84.5 Å². The van der Waals surface area contributed by atoms with E-state index in [-0.39, 0.29) is 0 Å². The zero-order valence-corrected chi connectivity index (χ0v) is 49.2. The van der Waals surface area contributed by atoms with Crippen LogP contribution in [-0.4, -0.2) is 111 Å². The summed E-state index contributed by atoms with van der Waals surface area (Å²) >= 11 is 4.85. The van der Waals surface area contributed by atoms with Gasteiger partial charge in [-0.1, -0.05) is 58.2 Å². The highest BCUT2D eigenvalue weighted by Crippen LogP contribution is 2.38. The number of benzene rings is 3. The molecule has 0 spiro atoms. The number of nitrogens with two attached hydrogens (primary N) is 3. The highest BCUT2D eigenvalue weighted by Gasteiger charge is 2.25. The van der Waals surface area contributed by atoms with E-state index >= 15 is 0 Å². The van der Waals surface area contributed by atoms with Crippen molar-refractivity contribution in [2.75, 3.05) is 93.2 Å². The molecular weight excluding hydrogens is 1030 g/mol. The Bertz CT molecular complexity index is 2930. The number of fused-ring (bicyclic) bond motifs is 3. The maximum Gasteiger partial charge on any atom is 0.141 e. The molecule has 0 aliphatic carbocycles. The maximum atomic E-state index is 6.16. The molecule has 0 saturated carbocycles. The van der Waals surface area contributed by atoms with E-state index < -0.39 is 0 Å². The second-order valence-electron chi connectivity index (χ2n) is 21.0. The Kier molecular flexibility index (Phi) is 20.5. The summed E-state index contributed by atoms with van der Waals surface area (Å²) in [5, 5.41) is 6.06. The number of aliphatic imine (C=N–C) groups is 3. The monoisotopic (exact) mass is 1110 g/mol. The van der Waals surface area contributed by atoms with Gasteiger partial charge >= 0.3 is 0 Å². The third kappa shape index (κ3) is 15.3. The molecule has 0 atom stereocenters. The molecule has 2 saturated heterocycles. The van der Waals surface area contributed by atoms with Gasteiger partial charge < -0.3 is 46.6 Å². The van der Waals surface area contributed by atoms with Crippen LogP contribution in [-0.2, 0) is 19.3 Å². The molecule has 6 aromatic rings. The molecule has 3 aromatic heterocycles. The second kappa shape index (κ2) is 28.2. The van der Waals surface area contributed by atoms with Crippen LogP contribution in [0.1, 0.15) is 96.5 Å². The molecular formula is C64H82N12S3. The van der Waals surface area contributed by atoms with Crippen LogP contribution in [0.4, 0.5) is 34.1 Å². The highest BCUT2D eigenvalue weighted by molar-refractivity contribution is 7.12. The number of nitrogens with zero attached hydrogens (tertiary/aromatic N) is 9. The molecule has 6 N–H and O–H groups in total. The first-order valence-corrected chi connectivity index (χ1v) is 31.2. The van der Waals surface area contributed by atoms with Crippen molar-refractivity contribution in [1.29, 1.82) is 0 Å². The minimum atomic E-state index is 0.582. The number of anilines is 3. The Hall–Kier alpha value is -6.33. The fourth-order valence-electron chi connectivity index (χ4n) is 11.2. The van der Waals surface area contributed by atoms with Crippen LogP contribution in [0.2, 0.25) is 0 Å². The number of likely N-dealkylation sites (tertiary alicyclic amines) is 2. The molecule has 2 fully saturated rings. The van der Waals surface area contributed by atoms with Crippen LogP contribution in [0.5, 0.6) is 0 Å². The van der Waals surface area contributed by atoms with Gasteiger partial charge in [-0.3, -0.25) is 0 Å². The van der Waals surface area contributed by atoms with Crippen molar-refractivity contribution < 1.29 is 0 Å². The van der Waals surface area contributed by atoms with Gasteiger partial charge in [0.25, 0.3) is 0 Å². The van der Waals surface area contributed by atoms with Gasteiger partial charge in [-0.2, -0.15) is 0 Å². The molecule has 11 rings (SSSR count). The number of allylic oxidation sites excluding steroid dienone is 3. The third-order valence-electron chi connectivity index (χ3n) is 15.8. The summed E-state index contributed by atoms with van der Waals surface area (Å²) in [6.45, 7) is 30.8. The van der Waals surface area contributed by atoms with Crippen LogP contribution >= 0.6 is 34.0 Å². The quantitative estimate of drug-likeness (QED) is 0.0603. The smallest absolute Gasteiger partial charge is 0.141 e. The van der Waals surface area contributed by atoms with Gasteiger partial charge in [0.2, 0.25) is 0 Å². The lowest BCUT2D eigenvalue weighted by molar-refractivity contribution is 0.234. The van der Waals surface area contributed by atoms with Crippen LogP contribution < -0.4 is 31.9 Å². The van der Waals surface area contributed by atoms with Gasteiger partial charge in [0, 0.05) is 73.4 Å². The van der Waals surface area contributed by atoms with Gasteiger partial charge in [0.05, 0.1) is 31.7 Å². The number of piperidine rings is 1. The van der Waals surface area contributed by atoms with Crippen LogP contribution in [0.3, 0.4) is 0 Å². The first kappa shape index (κ1) is 57.4. The Morgan fingerprint density at radius 2 is 0.797 bits per heavy atom. The van der Waals surface area contributed by atoms with Crippen molar-refractivity contribution >= 4 is 85.6 Å². The summed E-state index contributed by atoms with van der Waals surface area (Å²) in [6.07, 6.45) is 12.8. The molecule has 0 bridgehead atoms. The number of thiophene rings is 3. The largest absolute Gasteiger partial charge is 0.383 e. The summed E-state index contributed by atoms with van der Waals surface area (Å²) in [7, 11) is 0. The zero-order valence-electron chi connectivity index (χ0n) is 46.8. The topological polar surface area (TPSA) is 135 Å². The summed E-state index contributed by atoms with van der Waals surface area (Å²) in [6, 6.07) is 31.3. The van der Waals surface area contributed by atoms with E-state index in [1.165, 1.54) is 109 Å². The first-order chi connectivity index (χ1) is 38.5. The van der Waals surface area contributed by atoms with Gasteiger partial charge in [0.15, 0.2) is 0 Å². The lowest BCUT2D eigenvalue weighted by atomic mass is 9.99. The molecule has 0 amide bonds. The summed E-state index contributed by atoms with van der Waals surface area (Å²) in [4.78, 5) is 31.7. The van der Waals surface area contributed by atoms with Crippen LogP contribution in [0, 0.1) is 0 Å². The summed E-state index contributed by atoms with van der Waals surface area (Å²) in [5.74, 6) is 1.76. The molecule has 3 aromatic carbocycles. The Morgan fingerprint density at radius 3 is 1.13 bits per heavy atom. The molecule has 79 heavy (non-hydrogen) atoms. The highest BCUT2D eigenvalue weighted by atomic mass is 32.1. The van der Waals surface area contributed by atoms with Crippen molar-refractivity contribution in [3.63, 3.8) is 0 Å². The molecule has 0 radical (unpaired) electrons. The molecule has 5 aliphatic heterocycles. The molecule has 5 aliphatic rings. The number of hydrogen-bond acceptors (Lipinski definition) is 12. The average molecular weight is 1120 g/mol. The first-order valence-electron chi connectivity index (χ1n) is 28.6. The summed E-state index contributed by atoms with van der Waals surface area (Å²) < 4.78 is 0. The predicted molar refractivity (Wildman–Crippen MR) is 342 cm³/mol. The van der Waals surface area contributed by atoms with Crippen molar-refractivity contribution in [1.82, 2.24) is 14.7 Å². The van der Waals surface area contributed by atoms with E-state index in [2.05, 4.69) is 133 Å². The Balaban J connectivity index is 0.000000144. The second-order valence-corrected chi connectivity index (χ2v) is 23.8. The van der Waals surface area contributed by atoms with Crippen molar-refractivity contribution in [2.24, 2.45) is 32.2 Å². The number of aryl methyl sites for hydroxylation is 3. The van der Waals surface area contributed by atoms with E-state index in [1.54, 1.807) is 34.0 Å². The summed E-state index contributed by atoms with van der Waals surface area (Å²) in [5.41, 5.74) is 32.8. The fraction of sp³-hybridized carbons (Fsp3) is 0.391. The Labute approximate surface area is 482 Å². The van der Waals surface area contributed by atoms with Gasteiger partial charge in [-0.05, 0) is 209 Å². The number of hydrogen-bond donors (Lipinski definition) is 3. The SMILES string of the molecule is C=C1CCc2cc(N=C(N)c3cccs3)ccc2N1CCN(CC)CC.C=C1CCc2cc(N=C(N)c3cccs3)ccc2N1CCN1CCCC1.C=C1CCc2cc(N=C(N)c3cccs3)ccc2N1CCN1CCCCC1. The van der Waals surface area contributed by atoms with E-state index in [1.807, 2.05) is 52.5 Å². The zero-order chi connectivity index (χ0) is 55.1. The van der Waals surface area contributed by atoms with Crippen molar-refractivity contribution in [3.8, 4) is 0 Å².